The third-order valence-electron chi connectivity index (χ3n) is 3.83. The molecule has 0 atom stereocenters. The van der Waals surface area contributed by atoms with Crippen molar-refractivity contribution in [2.45, 2.75) is 5.92 Å². The van der Waals surface area contributed by atoms with E-state index in [1.54, 1.807) is 23.4 Å². The van der Waals surface area contributed by atoms with E-state index in [0.29, 0.717) is 30.6 Å². The molecule has 0 bridgehead atoms. The van der Waals surface area contributed by atoms with Crippen LogP contribution in [0.5, 0.6) is 0 Å². The molecule has 0 radical (unpaired) electrons. The van der Waals surface area contributed by atoms with Gasteiger partial charge in [0.2, 0.25) is 17.5 Å². The Kier molecular flexibility index (Phi) is 3.97. The predicted molar refractivity (Wildman–Crippen MR) is 93.1 cm³/mol. The number of carbonyl (C=O) groups is 1. The lowest BCUT2D eigenvalue weighted by Crippen LogP contribution is -2.48. The van der Waals surface area contributed by atoms with E-state index >= 15 is 0 Å². The molecule has 2 aromatic heterocycles. The van der Waals surface area contributed by atoms with Crippen molar-refractivity contribution in [3.8, 4) is 11.6 Å². The third-order valence-corrected chi connectivity index (χ3v) is 4.77. The molecule has 7 nitrogen and oxygen atoms in total. The molecule has 1 amide bonds. The summed E-state index contributed by atoms with van der Waals surface area (Å²) in [6.07, 6.45) is 3.26. The number of carbonyl (C=O) groups excluding carboxylic acids is 1. The lowest BCUT2D eigenvalue weighted by atomic mass is 9.99. The van der Waals surface area contributed by atoms with Crippen LogP contribution in [0.3, 0.4) is 0 Å². The van der Waals surface area contributed by atoms with Gasteiger partial charge in [-0.3, -0.25) is 4.79 Å². The number of halogens is 1. The van der Waals surface area contributed by atoms with Crippen LogP contribution >= 0.6 is 22.6 Å². The van der Waals surface area contributed by atoms with Gasteiger partial charge in [0, 0.05) is 29.1 Å². The van der Waals surface area contributed by atoms with Crippen molar-refractivity contribution in [1.29, 1.82) is 0 Å². The molecule has 0 aliphatic carbocycles. The second kappa shape index (κ2) is 6.27. The molecule has 1 saturated heterocycles. The highest BCUT2D eigenvalue weighted by Gasteiger charge is 2.36. The summed E-state index contributed by atoms with van der Waals surface area (Å²) in [5, 5.41) is 3.92. The lowest BCUT2D eigenvalue weighted by Gasteiger charge is -2.37. The zero-order chi connectivity index (χ0) is 16.5. The van der Waals surface area contributed by atoms with Gasteiger partial charge in [0.05, 0.1) is 11.5 Å². The average Bonchev–Trinajstić information content (AvgIpc) is 3.04. The van der Waals surface area contributed by atoms with Gasteiger partial charge in [-0.05, 0) is 40.8 Å². The van der Waals surface area contributed by atoms with Gasteiger partial charge in [-0.15, -0.1) is 0 Å². The minimum Gasteiger partial charge on any atom is -0.338 e. The Labute approximate surface area is 151 Å². The van der Waals surface area contributed by atoms with E-state index in [1.807, 2.05) is 24.3 Å². The second-order valence-electron chi connectivity index (χ2n) is 5.42. The Morgan fingerprint density at radius 1 is 1.12 bits per heavy atom. The molecular weight excluding hydrogens is 421 g/mol. The molecule has 0 spiro atoms. The first-order chi connectivity index (χ1) is 11.7. The van der Waals surface area contributed by atoms with E-state index in [-0.39, 0.29) is 11.8 Å². The Balaban J connectivity index is 1.44. The van der Waals surface area contributed by atoms with Crippen molar-refractivity contribution >= 4 is 28.5 Å². The summed E-state index contributed by atoms with van der Waals surface area (Å²) in [7, 11) is 0. The molecule has 3 aromatic rings. The monoisotopic (exact) mass is 433 g/mol. The number of aromatic nitrogens is 4. The number of hydrogen-bond acceptors (Lipinski definition) is 6. The number of nitrogens with zero attached hydrogens (tertiary/aromatic N) is 5. The first-order valence-corrected chi connectivity index (χ1v) is 8.45. The van der Waals surface area contributed by atoms with Crippen LogP contribution in [0.25, 0.3) is 11.6 Å². The highest BCUT2D eigenvalue weighted by atomic mass is 127. The van der Waals surface area contributed by atoms with Crippen LogP contribution in [0.1, 0.15) is 22.2 Å². The van der Waals surface area contributed by atoms with Crippen LogP contribution in [0.15, 0.2) is 47.2 Å². The largest absolute Gasteiger partial charge is 0.338 e. The van der Waals surface area contributed by atoms with Crippen molar-refractivity contribution in [3.05, 3.63) is 57.7 Å². The normalized spacial score (nSPS) is 14.5. The molecular formula is C16H12IN5O2. The van der Waals surface area contributed by atoms with Crippen molar-refractivity contribution in [2.24, 2.45) is 0 Å². The Morgan fingerprint density at radius 3 is 2.62 bits per heavy atom. The SMILES string of the molecule is O=C(c1ccccc1I)N1CC(c2nc(-c3ncccn3)no2)C1. The molecule has 1 fully saturated rings. The van der Waals surface area contributed by atoms with Crippen LogP contribution in [0.2, 0.25) is 0 Å². The number of benzene rings is 1. The highest BCUT2D eigenvalue weighted by molar-refractivity contribution is 14.1. The molecule has 1 aromatic carbocycles. The average molecular weight is 433 g/mol. The summed E-state index contributed by atoms with van der Waals surface area (Å²) < 4.78 is 6.25. The molecule has 1 aliphatic rings. The maximum Gasteiger partial charge on any atom is 0.254 e. The van der Waals surface area contributed by atoms with E-state index < -0.39 is 0 Å². The molecule has 0 saturated carbocycles. The maximum atomic E-state index is 12.5. The minimum atomic E-state index is 0.0300. The number of hydrogen-bond donors (Lipinski definition) is 0. The van der Waals surface area contributed by atoms with E-state index in [4.69, 9.17) is 4.52 Å². The van der Waals surface area contributed by atoms with Crippen LogP contribution in [-0.2, 0) is 0 Å². The number of rotatable bonds is 3. The summed E-state index contributed by atoms with van der Waals surface area (Å²) in [4.78, 5) is 26.8. The van der Waals surface area contributed by atoms with Crippen LogP contribution in [0.4, 0.5) is 0 Å². The molecule has 24 heavy (non-hydrogen) atoms. The molecule has 120 valence electrons. The molecule has 3 heterocycles. The topological polar surface area (TPSA) is 85.0 Å². The molecule has 0 N–H and O–H groups in total. The van der Waals surface area contributed by atoms with Gasteiger partial charge >= 0.3 is 0 Å². The third kappa shape index (κ3) is 2.77. The lowest BCUT2D eigenvalue weighted by molar-refractivity contribution is 0.0568. The standard InChI is InChI=1S/C16H12IN5O2/c17-12-5-2-1-4-11(12)16(23)22-8-10(9-22)15-20-14(21-24-15)13-18-6-3-7-19-13/h1-7,10H,8-9H2. The van der Waals surface area contributed by atoms with E-state index in [2.05, 4.69) is 42.7 Å². The highest BCUT2D eigenvalue weighted by Crippen LogP contribution is 2.29. The fraction of sp³-hybridized carbons (Fsp3) is 0.188. The fourth-order valence-electron chi connectivity index (χ4n) is 2.51. The van der Waals surface area contributed by atoms with E-state index in [1.165, 1.54) is 0 Å². The van der Waals surface area contributed by atoms with Crippen molar-refractivity contribution in [2.75, 3.05) is 13.1 Å². The van der Waals surface area contributed by atoms with E-state index in [9.17, 15) is 4.79 Å². The zero-order valence-corrected chi connectivity index (χ0v) is 14.6. The van der Waals surface area contributed by atoms with Gasteiger partial charge in [-0.2, -0.15) is 4.98 Å². The second-order valence-corrected chi connectivity index (χ2v) is 6.58. The molecule has 1 aliphatic heterocycles. The van der Waals surface area contributed by atoms with Gasteiger partial charge in [0.15, 0.2) is 0 Å². The summed E-state index contributed by atoms with van der Waals surface area (Å²) >= 11 is 2.17. The number of amides is 1. The smallest absolute Gasteiger partial charge is 0.254 e. The first-order valence-electron chi connectivity index (χ1n) is 7.37. The predicted octanol–water partition coefficient (Wildman–Crippen LogP) is 2.37. The number of likely N-dealkylation sites (tertiary alicyclic amines) is 1. The van der Waals surface area contributed by atoms with Crippen LogP contribution < -0.4 is 0 Å². The Hall–Kier alpha value is -2.36. The zero-order valence-electron chi connectivity index (χ0n) is 12.5. The van der Waals surface area contributed by atoms with Crippen molar-refractivity contribution in [1.82, 2.24) is 25.0 Å². The maximum absolute atomic E-state index is 12.5. The fourth-order valence-corrected chi connectivity index (χ4v) is 3.13. The van der Waals surface area contributed by atoms with Crippen LogP contribution in [0, 0.1) is 3.57 Å². The Bertz CT molecular complexity index is 877. The summed E-state index contributed by atoms with van der Waals surface area (Å²) in [6.45, 7) is 1.14. The van der Waals surface area contributed by atoms with Gasteiger partial charge in [0.1, 0.15) is 0 Å². The van der Waals surface area contributed by atoms with Crippen molar-refractivity contribution in [3.63, 3.8) is 0 Å². The summed E-state index contributed by atoms with van der Waals surface area (Å²) in [5.74, 6) is 1.40. The summed E-state index contributed by atoms with van der Waals surface area (Å²) in [5.41, 5.74) is 0.723. The van der Waals surface area contributed by atoms with E-state index in [0.717, 1.165) is 9.13 Å². The van der Waals surface area contributed by atoms with Gasteiger partial charge in [-0.25, -0.2) is 9.97 Å². The summed E-state index contributed by atoms with van der Waals surface area (Å²) in [6, 6.07) is 9.29. The quantitative estimate of drug-likeness (QED) is 0.590. The minimum absolute atomic E-state index is 0.0300. The Morgan fingerprint density at radius 2 is 1.88 bits per heavy atom. The molecule has 8 heteroatoms. The molecule has 0 unspecified atom stereocenters. The molecule has 4 rings (SSSR count). The van der Waals surface area contributed by atoms with Gasteiger partial charge in [0.25, 0.3) is 5.91 Å². The van der Waals surface area contributed by atoms with Crippen molar-refractivity contribution < 1.29 is 9.32 Å². The van der Waals surface area contributed by atoms with Gasteiger partial charge < -0.3 is 9.42 Å². The van der Waals surface area contributed by atoms with Gasteiger partial charge in [-0.1, -0.05) is 17.3 Å². The first kappa shape index (κ1) is 15.2. The van der Waals surface area contributed by atoms with Crippen LogP contribution in [-0.4, -0.2) is 44.0 Å².